The van der Waals surface area contributed by atoms with Crippen LogP contribution in [0.3, 0.4) is 0 Å². The molecule has 59 heavy (non-hydrogen) atoms. The summed E-state index contributed by atoms with van der Waals surface area (Å²) < 4.78 is 25.4. The number of allylic oxidation sites excluding steroid dienone is 3. The second-order valence-corrected chi connectivity index (χ2v) is 27.3. The van der Waals surface area contributed by atoms with E-state index in [-0.39, 0.29) is 58.1 Å². The van der Waals surface area contributed by atoms with Crippen LogP contribution in [0, 0.1) is 29.6 Å². The molecule has 2 aromatic rings. The summed E-state index contributed by atoms with van der Waals surface area (Å²) in [6, 6.07) is 10.3. The van der Waals surface area contributed by atoms with E-state index in [1.165, 1.54) is 5.57 Å². The third-order valence-corrected chi connectivity index (χ3v) is 18.7. The largest absolute Gasteiger partial charge is 0.496 e. The summed E-state index contributed by atoms with van der Waals surface area (Å²) in [6.07, 6.45) is 9.07. The van der Waals surface area contributed by atoms with Crippen LogP contribution in [0.4, 0.5) is 0 Å². The molecule has 0 aliphatic heterocycles. The Morgan fingerprint density at radius 2 is 1.73 bits per heavy atom. The molecule has 2 aliphatic carbocycles. The van der Waals surface area contributed by atoms with Crippen molar-refractivity contribution in [1.82, 2.24) is 5.32 Å². The number of benzene rings is 2. The zero-order chi connectivity index (χ0) is 44.1. The molecule has 2 aromatic carbocycles. The van der Waals surface area contributed by atoms with Gasteiger partial charge in [-0.15, -0.1) is 0 Å². The normalized spacial score (nSPS) is 22.9. The Bertz CT molecular complexity index is 1810. The van der Waals surface area contributed by atoms with Crippen molar-refractivity contribution >= 4 is 40.7 Å². The van der Waals surface area contributed by atoms with Crippen LogP contribution >= 0.6 is 0 Å². The molecule has 10 heteroatoms. The molecular weight excluding hydrogens is 771 g/mol. The van der Waals surface area contributed by atoms with Crippen molar-refractivity contribution in [3.8, 4) is 5.75 Å². The molecule has 0 saturated heterocycles. The van der Waals surface area contributed by atoms with E-state index in [4.69, 9.17) is 18.3 Å². The van der Waals surface area contributed by atoms with Crippen LogP contribution in [0.1, 0.15) is 133 Å². The average Bonchev–Trinajstić information content (AvgIpc) is 3.14. The number of ether oxygens (including phenoxy) is 2. The summed E-state index contributed by atoms with van der Waals surface area (Å²) in [5, 5.41) is 16.9. The smallest absolute Gasteiger partial charge is 0.308 e. The minimum atomic E-state index is -2.27. The van der Waals surface area contributed by atoms with E-state index >= 15 is 0 Å². The molecule has 0 saturated carbocycles. The molecule has 8 atom stereocenters. The van der Waals surface area contributed by atoms with Crippen molar-refractivity contribution in [3.05, 3.63) is 65.3 Å². The first kappa shape index (κ1) is 48.9. The van der Waals surface area contributed by atoms with E-state index < -0.39 is 26.1 Å². The number of carbonyl (C=O) groups excluding carboxylic acids is 2. The lowest BCUT2D eigenvalue weighted by atomic mass is 9.65. The van der Waals surface area contributed by atoms with Crippen LogP contribution in [0.15, 0.2) is 54.1 Å². The maximum atomic E-state index is 13.7. The highest BCUT2D eigenvalue weighted by Gasteiger charge is 2.43. The van der Waals surface area contributed by atoms with Crippen molar-refractivity contribution in [2.75, 3.05) is 7.11 Å². The van der Waals surface area contributed by atoms with E-state index in [2.05, 4.69) is 130 Å². The molecule has 0 fully saturated rings. The van der Waals surface area contributed by atoms with Gasteiger partial charge in [0.1, 0.15) is 11.9 Å². The summed E-state index contributed by atoms with van der Waals surface area (Å²) >= 11 is 0. The Morgan fingerprint density at radius 3 is 2.36 bits per heavy atom. The van der Waals surface area contributed by atoms with Gasteiger partial charge < -0.3 is 28.7 Å². The molecule has 2 N–H and O–H groups in total. The van der Waals surface area contributed by atoms with Gasteiger partial charge in [0.2, 0.25) is 15.7 Å². The Kier molecular flexibility index (Phi) is 16.5. The second-order valence-electron chi connectivity index (χ2n) is 20.7. The quantitative estimate of drug-likeness (QED) is 0.114. The van der Waals surface area contributed by atoms with Gasteiger partial charge in [0.15, 0.2) is 8.32 Å². The van der Waals surface area contributed by atoms with Gasteiger partial charge in [-0.05, 0) is 121 Å². The number of amides is 1. The summed E-state index contributed by atoms with van der Waals surface area (Å²) in [6.45, 7) is 30.5. The Balaban J connectivity index is 1.47. The molecular formula is C49H77NO7Si2. The SMILES string of the molecule is CCC(C)C(=O)OC1CC(C)C=C2C=CC(C)C(CCC(O)CC(CC(=O)NCc3ccc4c(C(C)(C)O[Si]C(C)(C)C)c(OC)ccc4c3)O[Si](C)(C)C(C)(C)C)C21. The van der Waals surface area contributed by atoms with Crippen molar-refractivity contribution in [1.29, 1.82) is 0 Å². The van der Waals surface area contributed by atoms with Gasteiger partial charge in [0.05, 0.1) is 37.3 Å². The highest BCUT2D eigenvalue weighted by Crippen LogP contribution is 2.46. The molecule has 8 unspecified atom stereocenters. The van der Waals surface area contributed by atoms with Crippen LogP contribution < -0.4 is 10.1 Å². The standard InChI is InChI=1S/C49H77NO7Si2/c1-16-32(3)46(53)55-42-26-31(2)25-36-19-17-33(4)39(44(36)42)23-21-37(51)28-38(56-59(14,15)48(8,9)10)29-43(52)50-30-34-18-22-40-35(27-34)20-24-41(54-13)45(40)49(11,12)57-58-47(5,6)7/h17-20,22,24-25,27,31-33,37-39,42,44,51H,16,21,23,26,28-30H2,1-15H3,(H,50,52). The molecule has 0 spiro atoms. The van der Waals surface area contributed by atoms with E-state index in [0.29, 0.717) is 35.1 Å². The number of carbonyl (C=O) groups is 2. The van der Waals surface area contributed by atoms with Crippen molar-refractivity contribution in [2.24, 2.45) is 29.6 Å². The highest BCUT2D eigenvalue weighted by atomic mass is 28.4. The minimum Gasteiger partial charge on any atom is -0.496 e. The number of aliphatic hydroxyl groups excluding tert-OH is 1. The average molecular weight is 848 g/mol. The fourth-order valence-electron chi connectivity index (χ4n) is 8.30. The predicted molar refractivity (Wildman–Crippen MR) is 245 cm³/mol. The third kappa shape index (κ3) is 13.1. The maximum absolute atomic E-state index is 13.7. The zero-order valence-corrected chi connectivity index (χ0v) is 41.1. The molecule has 0 heterocycles. The first-order valence-electron chi connectivity index (χ1n) is 22.1. The number of esters is 1. The number of nitrogens with one attached hydrogen (secondary N) is 1. The van der Waals surface area contributed by atoms with Crippen LogP contribution in [-0.4, -0.2) is 60.5 Å². The van der Waals surface area contributed by atoms with E-state index in [1.54, 1.807) is 7.11 Å². The van der Waals surface area contributed by atoms with Crippen molar-refractivity contribution < 1.29 is 33.0 Å². The van der Waals surface area contributed by atoms with Gasteiger partial charge in [0, 0.05) is 18.0 Å². The Labute approximate surface area is 360 Å². The lowest BCUT2D eigenvalue weighted by Gasteiger charge is -2.43. The first-order valence-corrected chi connectivity index (χ1v) is 26.0. The first-order chi connectivity index (χ1) is 27.4. The van der Waals surface area contributed by atoms with Crippen molar-refractivity contribution in [2.45, 2.75) is 175 Å². The fraction of sp³-hybridized carbons (Fsp3) is 0.673. The van der Waals surface area contributed by atoms with Crippen molar-refractivity contribution in [3.63, 3.8) is 0 Å². The van der Waals surface area contributed by atoms with Crippen LogP contribution in [0.25, 0.3) is 10.8 Å². The number of aliphatic hydroxyl groups is 1. The van der Waals surface area contributed by atoms with Gasteiger partial charge in [-0.2, -0.15) is 0 Å². The predicted octanol–water partition coefficient (Wildman–Crippen LogP) is 11.2. The minimum absolute atomic E-state index is 0.0463. The van der Waals surface area contributed by atoms with Gasteiger partial charge >= 0.3 is 5.97 Å². The number of hydrogen-bond donors (Lipinski definition) is 2. The van der Waals surface area contributed by atoms with Gasteiger partial charge in [0.25, 0.3) is 0 Å². The molecule has 0 bridgehead atoms. The number of methoxy groups -OCH3 is 1. The maximum Gasteiger partial charge on any atom is 0.308 e. The lowest BCUT2D eigenvalue weighted by Crippen LogP contribution is -2.46. The van der Waals surface area contributed by atoms with Gasteiger partial charge in [-0.25, -0.2) is 0 Å². The number of fused-ring (bicyclic) bond motifs is 2. The molecule has 328 valence electrons. The molecule has 0 aromatic heterocycles. The van der Waals surface area contributed by atoms with Crippen LogP contribution in [0.5, 0.6) is 5.75 Å². The molecule has 2 aliphatic rings. The van der Waals surface area contributed by atoms with Crippen LogP contribution in [-0.2, 0) is 35.3 Å². The summed E-state index contributed by atoms with van der Waals surface area (Å²) in [5.41, 5.74) is 2.69. The fourth-order valence-corrected chi connectivity index (χ4v) is 10.3. The molecule has 4 rings (SSSR count). The highest BCUT2D eigenvalue weighted by molar-refractivity contribution is 6.74. The molecule has 1 amide bonds. The second kappa shape index (κ2) is 20.0. The molecule has 8 nitrogen and oxygen atoms in total. The van der Waals surface area contributed by atoms with Crippen LogP contribution in [0.2, 0.25) is 23.2 Å². The summed E-state index contributed by atoms with van der Waals surface area (Å²) in [4.78, 5) is 26.7. The Morgan fingerprint density at radius 1 is 1.03 bits per heavy atom. The van der Waals surface area contributed by atoms with E-state index in [1.807, 2.05) is 19.9 Å². The van der Waals surface area contributed by atoms with E-state index in [0.717, 1.165) is 46.9 Å². The number of hydrogen-bond acceptors (Lipinski definition) is 7. The lowest BCUT2D eigenvalue weighted by molar-refractivity contribution is -0.158. The van der Waals surface area contributed by atoms with Gasteiger partial charge in [-0.3, -0.25) is 9.59 Å². The van der Waals surface area contributed by atoms with E-state index in [9.17, 15) is 14.7 Å². The number of rotatable bonds is 18. The third-order valence-electron chi connectivity index (χ3n) is 12.9. The molecule has 2 radical (unpaired) electrons. The monoisotopic (exact) mass is 848 g/mol. The van der Waals surface area contributed by atoms with Gasteiger partial charge in [-0.1, -0.05) is 106 Å². The Hall–Kier alpha value is -2.77. The summed E-state index contributed by atoms with van der Waals surface area (Å²) in [7, 11) is -0.259. The zero-order valence-electron chi connectivity index (χ0n) is 39.1. The topological polar surface area (TPSA) is 103 Å². The summed E-state index contributed by atoms with van der Waals surface area (Å²) in [5.74, 6) is 1.39.